The van der Waals surface area contributed by atoms with Gasteiger partial charge < -0.3 is 20.2 Å². The van der Waals surface area contributed by atoms with E-state index in [4.69, 9.17) is 5.11 Å². The number of aliphatic hydroxyl groups is 1. The Hall–Kier alpha value is -1.79. The quantitative estimate of drug-likeness (QED) is 0.738. The maximum absolute atomic E-state index is 12.4. The van der Waals surface area contributed by atoms with Crippen molar-refractivity contribution in [2.24, 2.45) is 0 Å². The number of rotatable bonds is 3. The molecule has 0 aromatic heterocycles. The molecule has 0 spiro atoms. The van der Waals surface area contributed by atoms with Crippen LogP contribution in [0.25, 0.3) is 0 Å². The molecular weight excluding hydrogens is 260 g/mol. The normalized spacial score (nSPS) is 16.9. The van der Waals surface area contributed by atoms with Crippen LogP contribution in [0.1, 0.15) is 16.8 Å². The zero-order valence-corrected chi connectivity index (χ0v) is 11.3. The van der Waals surface area contributed by atoms with Crippen LogP contribution in [-0.2, 0) is 0 Å². The Balaban J connectivity index is 2.05. The first-order valence-corrected chi connectivity index (χ1v) is 6.76. The van der Waals surface area contributed by atoms with Crippen LogP contribution in [0.3, 0.4) is 0 Å². The largest absolute Gasteiger partial charge is 0.508 e. The molecule has 1 saturated heterocycles. The average molecular weight is 280 g/mol. The van der Waals surface area contributed by atoms with Crippen LogP contribution in [0.2, 0.25) is 0 Å². The van der Waals surface area contributed by atoms with E-state index < -0.39 is 0 Å². The van der Waals surface area contributed by atoms with Crippen molar-refractivity contribution in [1.29, 1.82) is 0 Å². The Labute approximate surface area is 117 Å². The van der Waals surface area contributed by atoms with E-state index in [9.17, 15) is 15.0 Å². The minimum absolute atomic E-state index is 0.0657. The third-order valence-electron chi connectivity index (χ3n) is 3.50. The number of benzene rings is 1. The molecular formula is C14H20N2O4. The van der Waals surface area contributed by atoms with Gasteiger partial charge in [0.25, 0.3) is 5.91 Å². The summed E-state index contributed by atoms with van der Waals surface area (Å²) in [6.45, 7) is 3.50. The van der Waals surface area contributed by atoms with Crippen LogP contribution < -0.4 is 0 Å². The highest BCUT2D eigenvalue weighted by molar-refractivity contribution is 5.97. The minimum atomic E-state index is -0.228. The van der Waals surface area contributed by atoms with Gasteiger partial charge in [0, 0.05) is 32.2 Å². The number of carbonyl (C=O) groups excluding carboxylic acids is 1. The Morgan fingerprint density at radius 2 is 1.95 bits per heavy atom. The lowest BCUT2D eigenvalue weighted by atomic mass is 10.1. The first kappa shape index (κ1) is 14.6. The fraction of sp³-hybridized carbons (Fsp3) is 0.500. The monoisotopic (exact) mass is 280 g/mol. The van der Waals surface area contributed by atoms with E-state index in [-0.39, 0.29) is 29.6 Å². The number of aromatic hydroxyl groups is 2. The number of carbonyl (C=O) groups is 1. The number of phenolic OH excluding ortho intramolecular Hbond substituents is 2. The number of β-amino-alcohol motifs (C(OH)–C–C–N with tert-alkyl or cyclic N) is 1. The van der Waals surface area contributed by atoms with Gasteiger partial charge in [-0.05, 0) is 25.1 Å². The second-order valence-corrected chi connectivity index (χ2v) is 4.91. The van der Waals surface area contributed by atoms with Crippen LogP contribution in [0.15, 0.2) is 18.2 Å². The summed E-state index contributed by atoms with van der Waals surface area (Å²) in [7, 11) is 0. The summed E-state index contributed by atoms with van der Waals surface area (Å²) in [6, 6.07) is 4.00. The molecule has 1 aromatic rings. The third-order valence-corrected chi connectivity index (χ3v) is 3.50. The first-order valence-electron chi connectivity index (χ1n) is 6.76. The van der Waals surface area contributed by atoms with Crippen LogP contribution in [0, 0.1) is 0 Å². The summed E-state index contributed by atoms with van der Waals surface area (Å²) in [5, 5.41) is 27.9. The maximum Gasteiger partial charge on any atom is 0.257 e. The first-order chi connectivity index (χ1) is 9.61. The van der Waals surface area contributed by atoms with Crippen molar-refractivity contribution in [3.63, 3.8) is 0 Å². The summed E-state index contributed by atoms with van der Waals surface area (Å²) in [5.74, 6) is -0.496. The van der Waals surface area contributed by atoms with E-state index in [1.165, 1.54) is 18.2 Å². The van der Waals surface area contributed by atoms with Crippen molar-refractivity contribution in [3.05, 3.63) is 23.8 Å². The molecule has 6 heteroatoms. The van der Waals surface area contributed by atoms with Crippen molar-refractivity contribution in [1.82, 2.24) is 9.80 Å². The molecule has 20 heavy (non-hydrogen) atoms. The van der Waals surface area contributed by atoms with Gasteiger partial charge in [0.2, 0.25) is 0 Å². The molecule has 0 saturated carbocycles. The highest BCUT2D eigenvalue weighted by Gasteiger charge is 2.22. The number of hydrogen-bond acceptors (Lipinski definition) is 5. The molecule has 1 aliphatic heterocycles. The Morgan fingerprint density at radius 3 is 2.65 bits per heavy atom. The lowest BCUT2D eigenvalue weighted by Gasteiger charge is -2.22. The standard InChI is InChI=1S/C14H20N2O4/c17-9-8-15-4-1-5-16(7-6-15)14(20)12-3-2-11(18)10-13(12)19/h2-3,10,17-19H,1,4-9H2. The van der Waals surface area contributed by atoms with Gasteiger partial charge in [-0.3, -0.25) is 9.69 Å². The second kappa shape index (κ2) is 6.58. The van der Waals surface area contributed by atoms with Gasteiger partial charge in [0.15, 0.2) is 0 Å². The summed E-state index contributed by atoms with van der Waals surface area (Å²) in [4.78, 5) is 16.2. The third kappa shape index (κ3) is 3.40. The Bertz CT molecular complexity index is 478. The highest BCUT2D eigenvalue weighted by Crippen LogP contribution is 2.24. The van der Waals surface area contributed by atoms with Crippen LogP contribution in [-0.4, -0.2) is 70.4 Å². The predicted molar refractivity (Wildman–Crippen MR) is 73.8 cm³/mol. The number of aliphatic hydroxyl groups excluding tert-OH is 1. The van der Waals surface area contributed by atoms with Crippen molar-refractivity contribution < 1.29 is 20.1 Å². The SMILES string of the molecule is O=C(c1ccc(O)cc1O)N1CCCN(CCO)CC1. The number of phenols is 2. The van der Waals surface area contributed by atoms with Crippen molar-refractivity contribution in [3.8, 4) is 11.5 Å². The van der Waals surface area contributed by atoms with Gasteiger partial charge in [-0.25, -0.2) is 0 Å². The predicted octanol–water partition coefficient (Wildman–Crippen LogP) is 0.238. The van der Waals surface area contributed by atoms with Gasteiger partial charge in [-0.1, -0.05) is 0 Å². The van der Waals surface area contributed by atoms with E-state index in [0.717, 1.165) is 13.0 Å². The van der Waals surface area contributed by atoms with Crippen LogP contribution >= 0.6 is 0 Å². The lowest BCUT2D eigenvalue weighted by Crippen LogP contribution is -2.35. The summed E-state index contributed by atoms with van der Waals surface area (Å²) >= 11 is 0. The average Bonchev–Trinajstić information content (AvgIpc) is 2.64. The van der Waals surface area contributed by atoms with Crippen molar-refractivity contribution in [2.75, 3.05) is 39.3 Å². The summed E-state index contributed by atoms with van der Waals surface area (Å²) < 4.78 is 0. The van der Waals surface area contributed by atoms with E-state index in [1.54, 1.807) is 4.90 Å². The fourth-order valence-corrected chi connectivity index (χ4v) is 2.41. The van der Waals surface area contributed by atoms with Crippen LogP contribution in [0.4, 0.5) is 0 Å². The molecule has 0 atom stereocenters. The van der Waals surface area contributed by atoms with Gasteiger partial charge in [-0.2, -0.15) is 0 Å². The van der Waals surface area contributed by atoms with E-state index in [0.29, 0.717) is 26.2 Å². The molecule has 2 rings (SSSR count). The Morgan fingerprint density at radius 1 is 1.15 bits per heavy atom. The smallest absolute Gasteiger partial charge is 0.257 e. The highest BCUT2D eigenvalue weighted by atomic mass is 16.3. The molecule has 0 unspecified atom stereocenters. The molecule has 0 radical (unpaired) electrons. The van der Waals surface area contributed by atoms with Crippen LogP contribution in [0.5, 0.6) is 11.5 Å². The fourth-order valence-electron chi connectivity index (χ4n) is 2.41. The van der Waals surface area contributed by atoms with Gasteiger partial charge in [0.05, 0.1) is 12.2 Å². The zero-order chi connectivity index (χ0) is 14.5. The van der Waals surface area contributed by atoms with E-state index in [2.05, 4.69) is 4.90 Å². The van der Waals surface area contributed by atoms with Gasteiger partial charge >= 0.3 is 0 Å². The van der Waals surface area contributed by atoms with E-state index >= 15 is 0 Å². The molecule has 0 bridgehead atoms. The van der Waals surface area contributed by atoms with Gasteiger partial charge in [0.1, 0.15) is 11.5 Å². The van der Waals surface area contributed by atoms with Crippen molar-refractivity contribution in [2.45, 2.75) is 6.42 Å². The molecule has 6 nitrogen and oxygen atoms in total. The number of amides is 1. The second-order valence-electron chi connectivity index (χ2n) is 4.91. The zero-order valence-electron chi connectivity index (χ0n) is 11.3. The molecule has 1 aliphatic rings. The topological polar surface area (TPSA) is 84.2 Å². The maximum atomic E-state index is 12.4. The molecule has 1 amide bonds. The molecule has 3 N–H and O–H groups in total. The molecule has 0 aliphatic carbocycles. The van der Waals surface area contributed by atoms with E-state index in [1.807, 2.05) is 0 Å². The lowest BCUT2D eigenvalue weighted by molar-refractivity contribution is 0.0757. The molecule has 1 fully saturated rings. The van der Waals surface area contributed by atoms with Gasteiger partial charge in [-0.15, -0.1) is 0 Å². The summed E-state index contributed by atoms with van der Waals surface area (Å²) in [6.07, 6.45) is 0.838. The van der Waals surface area contributed by atoms with Crippen molar-refractivity contribution >= 4 is 5.91 Å². The molecule has 1 aromatic carbocycles. The summed E-state index contributed by atoms with van der Waals surface area (Å²) in [5.41, 5.74) is 0.207. The molecule has 110 valence electrons. The Kier molecular flexibility index (Phi) is 4.81. The molecule has 1 heterocycles. The number of hydrogen-bond donors (Lipinski definition) is 3. The minimum Gasteiger partial charge on any atom is -0.508 e. The number of nitrogens with zero attached hydrogens (tertiary/aromatic N) is 2.